The lowest BCUT2D eigenvalue weighted by Gasteiger charge is -2.33. The molecule has 0 spiro atoms. The van der Waals surface area contributed by atoms with Crippen LogP contribution in [0.1, 0.15) is 21.3 Å². The van der Waals surface area contributed by atoms with Crippen LogP contribution >= 0.6 is 11.3 Å². The minimum absolute atomic E-state index is 0.227. The summed E-state index contributed by atoms with van der Waals surface area (Å²) in [7, 11) is -3.45. The molecule has 1 aromatic carbocycles. The van der Waals surface area contributed by atoms with E-state index in [1.165, 1.54) is 16.2 Å². The second kappa shape index (κ2) is 7.31. The second-order valence-corrected chi connectivity index (χ2v) is 8.88. The zero-order valence-corrected chi connectivity index (χ0v) is 15.7. The van der Waals surface area contributed by atoms with Gasteiger partial charge in [0.15, 0.2) is 0 Å². The summed E-state index contributed by atoms with van der Waals surface area (Å²) in [6, 6.07) is 7.54. The van der Waals surface area contributed by atoms with E-state index in [-0.39, 0.29) is 25.6 Å². The van der Waals surface area contributed by atoms with Gasteiger partial charge in [0.25, 0.3) is 5.91 Å². The second-order valence-electron chi connectivity index (χ2n) is 6.00. The van der Waals surface area contributed by atoms with Crippen LogP contribution in [0.2, 0.25) is 0 Å². The van der Waals surface area contributed by atoms with Gasteiger partial charge in [-0.05, 0) is 11.5 Å². The van der Waals surface area contributed by atoms with Gasteiger partial charge < -0.3 is 15.4 Å². The van der Waals surface area contributed by atoms with Gasteiger partial charge in [-0.3, -0.25) is 9.59 Å². The number of nitrogens with zero attached hydrogens (tertiary/aromatic N) is 1. The lowest BCUT2D eigenvalue weighted by molar-refractivity contribution is -0.137. The van der Waals surface area contributed by atoms with Gasteiger partial charge in [-0.15, -0.1) is 11.3 Å². The molecule has 0 saturated carbocycles. The van der Waals surface area contributed by atoms with Crippen molar-refractivity contribution in [1.82, 2.24) is 9.62 Å². The number of thiophene rings is 1. The Morgan fingerprint density at radius 1 is 1.38 bits per heavy atom. The first-order valence-electron chi connectivity index (χ1n) is 7.91. The van der Waals surface area contributed by atoms with Gasteiger partial charge in [0.2, 0.25) is 15.9 Å². The molecule has 2 amide bonds. The Hall–Kier alpha value is -2.01. The topological polar surface area (TPSA) is 119 Å². The Kier molecular flexibility index (Phi) is 5.28. The summed E-state index contributed by atoms with van der Waals surface area (Å²) in [5.41, 5.74) is 6.22. The van der Waals surface area contributed by atoms with E-state index in [4.69, 9.17) is 10.5 Å². The highest BCUT2D eigenvalue weighted by molar-refractivity contribution is 7.88. The summed E-state index contributed by atoms with van der Waals surface area (Å²) in [6.07, 6.45) is 0.503. The molecule has 0 unspecified atom stereocenters. The van der Waals surface area contributed by atoms with E-state index in [0.717, 1.165) is 16.3 Å². The van der Waals surface area contributed by atoms with E-state index in [1.807, 2.05) is 24.3 Å². The number of nitrogens with two attached hydrogens (primary N) is 1. The fraction of sp³-hybridized carbons (Fsp3) is 0.375. The van der Waals surface area contributed by atoms with Crippen LogP contribution in [0.3, 0.4) is 0 Å². The molecule has 140 valence electrons. The van der Waals surface area contributed by atoms with Crippen LogP contribution in [0.15, 0.2) is 24.3 Å². The first kappa shape index (κ1) is 18.8. The molecule has 1 aliphatic rings. The van der Waals surface area contributed by atoms with Crippen molar-refractivity contribution in [2.75, 3.05) is 32.5 Å². The number of benzene rings is 1. The average Bonchev–Trinajstić information content (AvgIpc) is 2.99. The molecule has 26 heavy (non-hydrogen) atoms. The SMILES string of the molecule is CS(=O)(=O)NCC(=O)N1CCO[C@@H](c2c(C(N)=O)sc3ccccc23)C1. The minimum atomic E-state index is -3.45. The molecule has 3 N–H and O–H groups in total. The van der Waals surface area contributed by atoms with Crippen LogP contribution in [0.25, 0.3) is 10.1 Å². The zero-order valence-electron chi connectivity index (χ0n) is 14.1. The van der Waals surface area contributed by atoms with E-state index < -0.39 is 22.0 Å². The Morgan fingerprint density at radius 2 is 2.12 bits per heavy atom. The van der Waals surface area contributed by atoms with E-state index in [9.17, 15) is 18.0 Å². The van der Waals surface area contributed by atoms with Gasteiger partial charge in [-0.2, -0.15) is 0 Å². The highest BCUT2D eigenvalue weighted by Gasteiger charge is 2.30. The van der Waals surface area contributed by atoms with Crippen molar-refractivity contribution in [3.8, 4) is 0 Å². The number of carbonyl (C=O) groups is 2. The molecule has 2 heterocycles. The maximum atomic E-state index is 12.3. The van der Waals surface area contributed by atoms with E-state index >= 15 is 0 Å². The summed E-state index contributed by atoms with van der Waals surface area (Å²) < 4.78 is 31.3. The normalized spacial score (nSPS) is 18.2. The highest BCUT2D eigenvalue weighted by atomic mass is 32.2. The first-order valence-corrected chi connectivity index (χ1v) is 10.6. The first-order chi connectivity index (χ1) is 12.3. The number of ether oxygens (including phenoxy) is 1. The Bertz CT molecular complexity index is 954. The van der Waals surface area contributed by atoms with Gasteiger partial charge in [-0.25, -0.2) is 13.1 Å². The number of primary amides is 1. The van der Waals surface area contributed by atoms with Gasteiger partial charge in [0.1, 0.15) is 6.10 Å². The number of morpholine rings is 1. The number of carbonyl (C=O) groups excluding carboxylic acids is 2. The lowest BCUT2D eigenvalue weighted by atomic mass is 10.0. The van der Waals surface area contributed by atoms with E-state index in [1.54, 1.807) is 0 Å². The molecular weight excluding hydrogens is 378 g/mol. The van der Waals surface area contributed by atoms with Gasteiger partial charge in [0, 0.05) is 16.8 Å². The largest absolute Gasteiger partial charge is 0.370 e. The number of nitrogens with one attached hydrogen (secondary N) is 1. The lowest BCUT2D eigenvalue weighted by Crippen LogP contribution is -2.46. The van der Waals surface area contributed by atoms with Gasteiger partial charge >= 0.3 is 0 Å². The fourth-order valence-electron chi connectivity index (χ4n) is 2.92. The molecule has 1 fully saturated rings. The molecular formula is C16H19N3O5S2. The molecule has 1 aromatic heterocycles. The number of hydrogen-bond donors (Lipinski definition) is 2. The van der Waals surface area contributed by atoms with Gasteiger partial charge in [-0.1, -0.05) is 18.2 Å². The van der Waals surface area contributed by atoms with Crippen molar-refractivity contribution in [2.24, 2.45) is 5.73 Å². The maximum absolute atomic E-state index is 12.3. The molecule has 0 aliphatic carbocycles. The van der Waals surface area contributed by atoms with Gasteiger partial charge in [0.05, 0.1) is 30.8 Å². The third-order valence-electron chi connectivity index (χ3n) is 4.08. The molecule has 2 aromatic rings. The number of hydrogen-bond acceptors (Lipinski definition) is 6. The predicted octanol–water partition coefficient (Wildman–Crippen LogP) is 0.449. The molecule has 8 nitrogen and oxygen atoms in total. The maximum Gasteiger partial charge on any atom is 0.259 e. The molecule has 0 radical (unpaired) electrons. The molecule has 1 aliphatic heterocycles. The fourth-order valence-corrected chi connectivity index (χ4v) is 4.42. The van der Waals surface area contributed by atoms with Crippen molar-refractivity contribution in [3.05, 3.63) is 34.7 Å². The molecule has 10 heteroatoms. The summed E-state index contributed by atoms with van der Waals surface area (Å²) >= 11 is 1.30. The third kappa shape index (κ3) is 4.04. The smallest absolute Gasteiger partial charge is 0.259 e. The van der Waals surface area contributed by atoms with Crippen LogP contribution in [-0.2, 0) is 19.6 Å². The van der Waals surface area contributed by atoms with Crippen molar-refractivity contribution < 1.29 is 22.7 Å². The van der Waals surface area contributed by atoms with Crippen molar-refractivity contribution in [2.45, 2.75) is 6.10 Å². The van der Waals surface area contributed by atoms with E-state index in [2.05, 4.69) is 4.72 Å². The number of rotatable bonds is 5. The van der Waals surface area contributed by atoms with Crippen molar-refractivity contribution in [1.29, 1.82) is 0 Å². The van der Waals surface area contributed by atoms with Crippen LogP contribution in [-0.4, -0.2) is 57.6 Å². The van der Waals surface area contributed by atoms with Crippen LogP contribution in [0, 0.1) is 0 Å². The van der Waals surface area contributed by atoms with Crippen LogP contribution < -0.4 is 10.5 Å². The number of amides is 2. The standard InChI is InChI=1S/C16H19N3O5S2/c1-26(22,23)18-8-13(20)19-6-7-24-11(9-19)14-10-4-2-3-5-12(10)25-15(14)16(17)21/h2-5,11,18H,6-9H2,1H3,(H2,17,21)/t11-/m1/s1. The Balaban J connectivity index is 1.86. The summed E-state index contributed by atoms with van der Waals surface area (Å²) in [6.45, 7) is 0.566. The summed E-state index contributed by atoms with van der Waals surface area (Å²) in [4.78, 5) is 26.1. The third-order valence-corrected chi connectivity index (χ3v) is 5.95. The quantitative estimate of drug-likeness (QED) is 0.759. The molecule has 1 atom stereocenters. The molecule has 0 bridgehead atoms. The number of sulfonamides is 1. The Labute approximate surface area is 155 Å². The molecule has 1 saturated heterocycles. The minimum Gasteiger partial charge on any atom is -0.370 e. The monoisotopic (exact) mass is 397 g/mol. The molecule has 3 rings (SSSR count). The van der Waals surface area contributed by atoms with Crippen molar-refractivity contribution >= 4 is 43.3 Å². The highest BCUT2D eigenvalue weighted by Crippen LogP contribution is 2.37. The zero-order chi connectivity index (χ0) is 18.9. The number of fused-ring (bicyclic) bond motifs is 1. The average molecular weight is 397 g/mol. The predicted molar refractivity (Wildman–Crippen MR) is 98.5 cm³/mol. The summed E-state index contributed by atoms with van der Waals surface area (Å²) in [5, 5.41) is 0.875. The van der Waals surface area contributed by atoms with Crippen LogP contribution in [0.4, 0.5) is 0 Å². The van der Waals surface area contributed by atoms with Crippen LogP contribution in [0.5, 0.6) is 0 Å². The van der Waals surface area contributed by atoms with Crippen molar-refractivity contribution in [3.63, 3.8) is 0 Å². The summed E-state index contributed by atoms with van der Waals surface area (Å²) in [5.74, 6) is -0.879. The van der Waals surface area contributed by atoms with E-state index in [0.29, 0.717) is 17.0 Å². The Morgan fingerprint density at radius 3 is 2.81 bits per heavy atom.